The van der Waals surface area contributed by atoms with Gasteiger partial charge in [-0.05, 0) is 11.0 Å². The summed E-state index contributed by atoms with van der Waals surface area (Å²) in [6, 6.07) is 5.22. The van der Waals surface area contributed by atoms with Gasteiger partial charge in [0.05, 0.1) is 7.11 Å². The summed E-state index contributed by atoms with van der Waals surface area (Å²) in [6.07, 6.45) is 0. The molecule has 0 saturated carbocycles. The summed E-state index contributed by atoms with van der Waals surface area (Å²) in [5, 5.41) is 11.4. The average Bonchev–Trinajstić information content (AvgIpc) is 2.02. The molecule has 0 saturated heterocycles. The zero-order chi connectivity index (χ0) is 10.1. The number of para-hydroxylation sites is 1. The number of hydrogen-bond donors (Lipinski definition) is 0. The van der Waals surface area contributed by atoms with Crippen LogP contribution in [0.3, 0.4) is 0 Å². The molecular weight excluding hydrogens is 268 g/mol. The topological polar surface area (TPSA) is 32.3 Å². The summed E-state index contributed by atoms with van der Waals surface area (Å²) in [6.45, 7) is 6.18. The molecule has 0 heterocycles. The van der Waals surface area contributed by atoms with E-state index in [1.165, 1.54) is 13.2 Å². The van der Waals surface area contributed by atoms with Crippen LogP contribution in [-0.4, -0.2) is 30.2 Å². The third kappa shape index (κ3) is 4.21. The molecule has 0 amide bonds. The maximum Gasteiger partial charge on any atom is 2.00 e. The van der Waals surface area contributed by atoms with E-state index < -0.39 is 0 Å². The van der Waals surface area contributed by atoms with E-state index in [-0.39, 0.29) is 51.2 Å². The first-order chi connectivity index (χ1) is 5.96. The molecule has 0 bridgehead atoms. The maximum absolute atomic E-state index is 11.4. The van der Waals surface area contributed by atoms with Crippen molar-refractivity contribution in [2.24, 2.45) is 0 Å². The molecule has 0 spiro atoms. The summed E-state index contributed by atoms with van der Waals surface area (Å²) in [5.74, 6) is 0.421. The molecule has 0 N–H and O–H groups in total. The van der Waals surface area contributed by atoms with Crippen LogP contribution in [0.5, 0.6) is 11.5 Å². The Balaban J connectivity index is 0. The van der Waals surface area contributed by atoms with Gasteiger partial charge in [-0.2, -0.15) is 0 Å². The molecule has 0 fully saturated rings. The van der Waals surface area contributed by atoms with E-state index >= 15 is 0 Å². The fraction of sp³-hybridized carbons (Fsp3) is 0.455. The van der Waals surface area contributed by atoms with E-state index in [0.29, 0.717) is 5.75 Å². The molecule has 0 aromatic heterocycles. The van der Waals surface area contributed by atoms with Gasteiger partial charge in [0.15, 0.2) is 0 Å². The molecule has 0 aliphatic carbocycles. The van der Waals surface area contributed by atoms with Crippen LogP contribution >= 0.6 is 0 Å². The Kier molecular flexibility index (Phi) is 7.69. The fourth-order valence-electron chi connectivity index (χ4n) is 1.32. The number of ether oxygens (including phenoxy) is 1. The Bertz CT molecular complexity index is 308. The van der Waals surface area contributed by atoms with Gasteiger partial charge in [-0.25, -0.2) is 0 Å². The normalized spacial score (nSPS) is 9.87. The van der Waals surface area contributed by atoms with Crippen molar-refractivity contribution >= 4 is 23.1 Å². The second kappa shape index (κ2) is 6.61. The van der Waals surface area contributed by atoms with Gasteiger partial charge in [0, 0.05) is 0 Å². The molecule has 80 valence electrons. The molecule has 0 radical (unpaired) electrons. The fourth-order valence-corrected chi connectivity index (χ4v) is 1.32. The summed E-state index contributed by atoms with van der Waals surface area (Å²) < 4.78 is 5.09. The van der Waals surface area contributed by atoms with Crippen LogP contribution in [0.4, 0.5) is 0 Å². The Labute approximate surface area is 118 Å². The molecule has 1 aromatic carbocycles. The monoisotopic (exact) mass is 282 g/mol. The Hall–Kier alpha value is 0.0662. The molecule has 1 rings (SSSR count). The van der Waals surface area contributed by atoms with Crippen molar-refractivity contribution in [3.8, 4) is 11.5 Å². The van der Waals surface area contributed by atoms with Crippen molar-refractivity contribution in [1.82, 2.24) is 0 Å². The predicted molar refractivity (Wildman–Crippen MR) is 56.9 cm³/mol. The first kappa shape index (κ1) is 17.5. The molecular formula is C11H15BrMgO2. The molecule has 15 heavy (non-hydrogen) atoms. The first-order valence-electron chi connectivity index (χ1n) is 4.31. The SMILES string of the molecule is COc1c([O-])cccc1C(C)(C)C.[Br-].[Mg+2]. The summed E-state index contributed by atoms with van der Waals surface area (Å²) in [4.78, 5) is 0. The summed E-state index contributed by atoms with van der Waals surface area (Å²) in [7, 11) is 1.53. The average molecular weight is 283 g/mol. The molecule has 2 nitrogen and oxygen atoms in total. The van der Waals surface area contributed by atoms with Crippen LogP contribution in [0.15, 0.2) is 18.2 Å². The zero-order valence-electron chi connectivity index (χ0n) is 9.63. The van der Waals surface area contributed by atoms with Crippen molar-refractivity contribution < 1.29 is 26.8 Å². The number of hydrogen-bond acceptors (Lipinski definition) is 2. The van der Waals surface area contributed by atoms with Gasteiger partial charge >= 0.3 is 23.1 Å². The van der Waals surface area contributed by atoms with Crippen LogP contribution in [-0.2, 0) is 5.41 Å². The molecule has 1 aromatic rings. The predicted octanol–water partition coefficient (Wildman–Crippen LogP) is -1.31. The zero-order valence-corrected chi connectivity index (χ0v) is 12.6. The van der Waals surface area contributed by atoms with Gasteiger partial charge in [0.25, 0.3) is 0 Å². The van der Waals surface area contributed by atoms with Crippen molar-refractivity contribution in [2.45, 2.75) is 26.2 Å². The standard InChI is InChI=1S/C11H16O2.BrH.Mg/c1-11(2,3)8-6-5-7-9(12)10(8)13-4;;/h5-7,12H,1-4H3;1H;/q;;+2/p-2. The number of halogens is 1. The molecule has 0 aliphatic rings. The van der Waals surface area contributed by atoms with E-state index in [1.807, 2.05) is 6.07 Å². The third-order valence-corrected chi connectivity index (χ3v) is 1.99. The number of benzene rings is 1. The summed E-state index contributed by atoms with van der Waals surface area (Å²) >= 11 is 0. The van der Waals surface area contributed by atoms with Crippen LogP contribution in [0, 0.1) is 0 Å². The van der Waals surface area contributed by atoms with E-state index in [0.717, 1.165) is 5.56 Å². The van der Waals surface area contributed by atoms with Gasteiger partial charge in [0.1, 0.15) is 5.75 Å². The molecule has 4 heteroatoms. The minimum absolute atomic E-state index is 0. The van der Waals surface area contributed by atoms with Gasteiger partial charge in [-0.3, -0.25) is 0 Å². The van der Waals surface area contributed by atoms with Gasteiger partial charge in [-0.15, -0.1) is 0 Å². The third-order valence-electron chi connectivity index (χ3n) is 1.99. The Morgan fingerprint density at radius 2 is 1.73 bits per heavy atom. The van der Waals surface area contributed by atoms with E-state index in [9.17, 15) is 5.11 Å². The van der Waals surface area contributed by atoms with Crippen LogP contribution in [0.1, 0.15) is 26.3 Å². The van der Waals surface area contributed by atoms with Crippen LogP contribution in [0.25, 0.3) is 0 Å². The van der Waals surface area contributed by atoms with E-state index in [2.05, 4.69) is 20.8 Å². The van der Waals surface area contributed by atoms with Gasteiger partial charge in [-0.1, -0.05) is 44.7 Å². The minimum Gasteiger partial charge on any atom is -1.00 e. The number of methoxy groups -OCH3 is 1. The first-order valence-corrected chi connectivity index (χ1v) is 4.31. The van der Waals surface area contributed by atoms with Crippen molar-refractivity contribution in [2.75, 3.05) is 7.11 Å². The van der Waals surface area contributed by atoms with Crippen LogP contribution < -0.4 is 26.8 Å². The van der Waals surface area contributed by atoms with E-state index in [4.69, 9.17) is 4.74 Å². The Morgan fingerprint density at radius 1 is 1.20 bits per heavy atom. The minimum atomic E-state index is -0.0498. The molecule has 0 unspecified atom stereocenters. The quantitative estimate of drug-likeness (QED) is 0.600. The smallest absolute Gasteiger partial charge is 1.00 e. The van der Waals surface area contributed by atoms with Crippen molar-refractivity contribution in [3.05, 3.63) is 23.8 Å². The van der Waals surface area contributed by atoms with Crippen LogP contribution in [0.2, 0.25) is 0 Å². The Morgan fingerprint density at radius 3 is 2.07 bits per heavy atom. The summed E-state index contributed by atoms with van der Waals surface area (Å²) in [5.41, 5.74) is 0.911. The number of rotatable bonds is 1. The second-order valence-electron chi connectivity index (χ2n) is 4.09. The van der Waals surface area contributed by atoms with Crippen molar-refractivity contribution in [1.29, 1.82) is 0 Å². The van der Waals surface area contributed by atoms with Gasteiger partial charge < -0.3 is 26.8 Å². The second-order valence-corrected chi connectivity index (χ2v) is 4.09. The van der Waals surface area contributed by atoms with Gasteiger partial charge in [0.2, 0.25) is 0 Å². The molecule has 0 atom stereocenters. The van der Waals surface area contributed by atoms with E-state index in [1.54, 1.807) is 6.07 Å². The largest absolute Gasteiger partial charge is 2.00 e. The van der Waals surface area contributed by atoms with Crippen molar-refractivity contribution in [3.63, 3.8) is 0 Å². The maximum atomic E-state index is 11.4. The molecule has 0 aliphatic heterocycles.